The van der Waals surface area contributed by atoms with Gasteiger partial charge in [-0.05, 0) is 36.8 Å². The summed E-state index contributed by atoms with van der Waals surface area (Å²) in [7, 11) is -3.82. The van der Waals surface area contributed by atoms with Crippen LogP contribution in [0.5, 0.6) is 0 Å². The molecule has 0 aliphatic rings. The second-order valence-corrected chi connectivity index (χ2v) is 7.27. The predicted octanol–water partition coefficient (Wildman–Crippen LogP) is 2.36. The first kappa shape index (κ1) is 17.1. The van der Waals surface area contributed by atoms with Gasteiger partial charge in [0.2, 0.25) is 10.0 Å². The van der Waals surface area contributed by atoms with Crippen LogP contribution < -0.4 is 4.72 Å². The van der Waals surface area contributed by atoms with E-state index >= 15 is 0 Å². The molecule has 0 saturated carbocycles. The van der Waals surface area contributed by atoms with E-state index in [1.54, 1.807) is 13.0 Å². The smallest absolute Gasteiger partial charge is 0.335 e. The number of para-hydroxylation sites is 2. The third-order valence-corrected chi connectivity index (χ3v) is 5.18. The van der Waals surface area contributed by atoms with Gasteiger partial charge in [0.05, 0.1) is 10.5 Å². The van der Waals surface area contributed by atoms with Gasteiger partial charge in [-0.25, -0.2) is 22.9 Å². The monoisotopic (exact) mass is 360 g/mol. The van der Waals surface area contributed by atoms with E-state index in [1.165, 1.54) is 12.1 Å². The number of rotatable bonds is 6. The summed E-state index contributed by atoms with van der Waals surface area (Å²) >= 11 is 0. The van der Waals surface area contributed by atoms with Crippen LogP contribution in [0.3, 0.4) is 0 Å². The SMILES string of the molecule is Cc1ccc(S(=O)(=O)NCCc2nc3ccccc3o2)cc1C(=O)O. The summed E-state index contributed by atoms with van der Waals surface area (Å²) in [4.78, 5) is 15.3. The number of aromatic carboxylic acids is 1. The molecule has 0 saturated heterocycles. The number of hydrogen-bond donors (Lipinski definition) is 2. The number of carboxylic acids is 1. The van der Waals surface area contributed by atoms with E-state index < -0.39 is 16.0 Å². The third-order valence-electron chi connectivity index (χ3n) is 3.72. The molecule has 0 amide bonds. The molecule has 0 fully saturated rings. The Hall–Kier alpha value is -2.71. The maximum absolute atomic E-state index is 12.3. The van der Waals surface area contributed by atoms with Crippen molar-refractivity contribution in [2.75, 3.05) is 6.54 Å². The highest BCUT2D eigenvalue weighted by Crippen LogP contribution is 2.17. The van der Waals surface area contributed by atoms with Crippen molar-refractivity contribution in [1.29, 1.82) is 0 Å². The van der Waals surface area contributed by atoms with Crippen molar-refractivity contribution in [1.82, 2.24) is 9.71 Å². The minimum Gasteiger partial charge on any atom is -0.478 e. The van der Waals surface area contributed by atoms with Crippen molar-refractivity contribution < 1.29 is 22.7 Å². The molecule has 7 nitrogen and oxygen atoms in total. The van der Waals surface area contributed by atoms with E-state index in [0.29, 0.717) is 22.6 Å². The molecule has 0 unspecified atom stereocenters. The number of hydrogen-bond acceptors (Lipinski definition) is 5. The summed E-state index contributed by atoms with van der Waals surface area (Å²) in [6.07, 6.45) is 0.283. The lowest BCUT2D eigenvalue weighted by Gasteiger charge is -2.08. The van der Waals surface area contributed by atoms with Gasteiger partial charge in [0.1, 0.15) is 5.52 Å². The number of sulfonamides is 1. The van der Waals surface area contributed by atoms with Gasteiger partial charge in [-0.2, -0.15) is 0 Å². The predicted molar refractivity (Wildman–Crippen MR) is 91.0 cm³/mol. The molecule has 1 aromatic heterocycles. The molecule has 130 valence electrons. The highest BCUT2D eigenvalue weighted by Gasteiger charge is 2.17. The Bertz CT molecular complexity index is 1010. The Morgan fingerprint density at radius 2 is 2.00 bits per heavy atom. The van der Waals surface area contributed by atoms with Gasteiger partial charge in [-0.15, -0.1) is 0 Å². The van der Waals surface area contributed by atoms with E-state index in [9.17, 15) is 13.2 Å². The lowest BCUT2D eigenvalue weighted by Crippen LogP contribution is -2.26. The maximum Gasteiger partial charge on any atom is 0.335 e. The van der Waals surface area contributed by atoms with E-state index in [4.69, 9.17) is 9.52 Å². The van der Waals surface area contributed by atoms with Crippen molar-refractivity contribution in [2.24, 2.45) is 0 Å². The number of oxazole rings is 1. The van der Waals surface area contributed by atoms with Gasteiger partial charge >= 0.3 is 5.97 Å². The Kier molecular flexibility index (Phi) is 4.56. The van der Waals surface area contributed by atoms with Crippen LogP contribution in [0.15, 0.2) is 51.8 Å². The molecule has 0 radical (unpaired) electrons. The zero-order valence-corrected chi connectivity index (χ0v) is 14.2. The molecule has 0 bridgehead atoms. The van der Waals surface area contributed by atoms with Crippen LogP contribution in [0.1, 0.15) is 21.8 Å². The van der Waals surface area contributed by atoms with Crippen LogP contribution in [-0.2, 0) is 16.4 Å². The van der Waals surface area contributed by atoms with Crippen molar-refractivity contribution in [3.8, 4) is 0 Å². The quantitative estimate of drug-likeness (QED) is 0.698. The summed E-state index contributed by atoms with van der Waals surface area (Å²) < 4.78 is 32.6. The molecular weight excluding hydrogens is 344 g/mol. The summed E-state index contributed by atoms with van der Waals surface area (Å²) in [6.45, 7) is 1.70. The number of benzene rings is 2. The highest BCUT2D eigenvalue weighted by molar-refractivity contribution is 7.89. The lowest BCUT2D eigenvalue weighted by molar-refractivity contribution is 0.0696. The number of carboxylic acid groups (broad SMARTS) is 1. The first-order valence-corrected chi connectivity index (χ1v) is 9.03. The average molecular weight is 360 g/mol. The minimum absolute atomic E-state index is 0.0400. The summed E-state index contributed by atoms with van der Waals surface area (Å²) in [6, 6.07) is 11.3. The molecule has 8 heteroatoms. The van der Waals surface area contributed by atoms with Gasteiger partial charge < -0.3 is 9.52 Å². The molecule has 0 aliphatic carbocycles. The Morgan fingerprint density at radius 3 is 2.72 bits per heavy atom. The lowest BCUT2D eigenvalue weighted by atomic mass is 10.1. The Morgan fingerprint density at radius 1 is 1.24 bits per heavy atom. The summed E-state index contributed by atoms with van der Waals surface area (Å²) in [5, 5.41) is 9.11. The zero-order valence-electron chi connectivity index (χ0n) is 13.4. The molecule has 0 atom stereocenters. The standard InChI is InChI=1S/C17H16N2O5S/c1-11-6-7-12(10-13(11)17(20)21)25(22,23)18-9-8-16-19-14-4-2-3-5-15(14)24-16/h2-7,10,18H,8-9H2,1H3,(H,20,21). The van der Waals surface area contributed by atoms with Gasteiger partial charge in [0.25, 0.3) is 0 Å². The second kappa shape index (κ2) is 6.66. The van der Waals surface area contributed by atoms with E-state index in [-0.39, 0.29) is 23.4 Å². The maximum atomic E-state index is 12.3. The van der Waals surface area contributed by atoms with Crippen LogP contribution >= 0.6 is 0 Å². The normalized spacial score (nSPS) is 11.7. The van der Waals surface area contributed by atoms with Crippen molar-refractivity contribution in [3.05, 3.63) is 59.5 Å². The molecule has 0 spiro atoms. The second-order valence-electron chi connectivity index (χ2n) is 5.50. The number of fused-ring (bicyclic) bond motifs is 1. The molecule has 0 aliphatic heterocycles. The number of carbonyl (C=O) groups is 1. The fraction of sp³-hybridized carbons (Fsp3) is 0.176. The first-order valence-electron chi connectivity index (χ1n) is 7.55. The summed E-state index contributed by atoms with van der Waals surface area (Å²) in [5.74, 6) is -0.736. The van der Waals surface area contributed by atoms with Gasteiger partial charge in [0, 0.05) is 13.0 Å². The topological polar surface area (TPSA) is 110 Å². The minimum atomic E-state index is -3.82. The van der Waals surface area contributed by atoms with Gasteiger partial charge in [0.15, 0.2) is 11.5 Å². The van der Waals surface area contributed by atoms with E-state index in [1.807, 2.05) is 18.2 Å². The number of nitrogens with zero attached hydrogens (tertiary/aromatic N) is 1. The number of aromatic nitrogens is 1. The fourth-order valence-electron chi connectivity index (χ4n) is 2.40. The van der Waals surface area contributed by atoms with Crippen LogP contribution in [0.2, 0.25) is 0 Å². The van der Waals surface area contributed by atoms with Gasteiger partial charge in [-0.1, -0.05) is 18.2 Å². The van der Waals surface area contributed by atoms with Crippen molar-refractivity contribution in [2.45, 2.75) is 18.2 Å². The third kappa shape index (κ3) is 3.70. The number of aryl methyl sites for hydroxylation is 1. The fourth-order valence-corrected chi connectivity index (χ4v) is 3.46. The van der Waals surface area contributed by atoms with Crippen LogP contribution in [0.25, 0.3) is 11.1 Å². The van der Waals surface area contributed by atoms with E-state index in [0.717, 1.165) is 6.07 Å². The van der Waals surface area contributed by atoms with Crippen LogP contribution in [0.4, 0.5) is 0 Å². The van der Waals surface area contributed by atoms with E-state index in [2.05, 4.69) is 9.71 Å². The van der Waals surface area contributed by atoms with Crippen molar-refractivity contribution >= 4 is 27.1 Å². The molecule has 25 heavy (non-hydrogen) atoms. The molecule has 2 N–H and O–H groups in total. The molecule has 1 heterocycles. The van der Waals surface area contributed by atoms with Gasteiger partial charge in [-0.3, -0.25) is 0 Å². The Balaban J connectivity index is 1.71. The average Bonchev–Trinajstić information content (AvgIpc) is 2.97. The molecule has 3 aromatic rings. The zero-order chi connectivity index (χ0) is 18.0. The summed E-state index contributed by atoms with van der Waals surface area (Å²) in [5.41, 5.74) is 1.81. The number of nitrogens with one attached hydrogen (secondary N) is 1. The Labute approximate surface area is 144 Å². The largest absolute Gasteiger partial charge is 0.478 e. The molecular formula is C17H16N2O5S. The highest BCUT2D eigenvalue weighted by atomic mass is 32.2. The first-order chi connectivity index (χ1) is 11.9. The van der Waals surface area contributed by atoms with Crippen molar-refractivity contribution in [3.63, 3.8) is 0 Å². The molecule has 2 aromatic carbocycles. The van der Waals surface area contributed by atoms with Crippen LogP contribution in [0, 0.1) is 6.92 Å². The van der Waals surface area contributed by atoms with Crippen LogP contribution in [-0.4, -0.2) is 31.0 Å². The molecule has 3 rings (SSSR count).